The molecule has 2 rings (SSSR count). The van der Waals surface area contributed by atoms with Crippen LogP contribution in [0.3, 0.4) is 0 Å². The van der Waals surface area contributed by atoms with E-state index in [0.29, 0.717) is 19.4 Å². The molecule has 19 heavy (non-hydrogen) atoms. The van der Waals surface area contributed by atoms with Gasteiger partial charge in [-0.1, -0.05) is 12.1 Å². The molecule has 0 aliphatic carbocycles. The molecule has 0 saturated carbocycles. The Kier molecular flexibility index (Phi) is 4.72. The number of aryl methyl sites for hydroxylation is 1. The molecular formula is C15H17FN2O. The Morgan fingerprint density at radius 2 is 1.95 bits per heavy atom. The number of nitrogens with one attached hydrogen (secondary N) is 2. The van der Waals surface area contributed by atoms with Crippen molar-refractivity contribution in [3.63, 3.8) is 0 Å². The van der Waals surface area contributed by atoms with Gasteiger partial charge in [-0.3, -0.25) is 4.79 Å². The van der Waals surface area contributed by atoms with Crippen LogP contribution in [0.4, 0.5) is 4.39 Å². The lowest BCUT2D eigenvalue weighted by Crippen LogP contribution is -2.25. The van der Waals surface area contributed by atoms with Crippen LogP contribution in [0.5, 0.6) is 0 Å². The largest absolute Gasteiger partial charge is 0.365 e. The lowest BCUT2D eigenvalue weighted by Gasteiger charge is -2.05. The number of carbonyl (C=O) groups is 1. The minimum atomic E-state index is -0.237. The van der Waals surface area contributed by atoms with Crippen molar-refractivity contribution in [2.45, 2.75) is 19.3 Å². The van der Waals surface area contributed by atoms with E-state index in [4.69, 9.17) is 0 Å². The van der Waals surface area contributed by atoms with Gasteiger partial charge in [0, 0.05) is 24.9 Å². The summed E-state index contributed by atoms with van der Waals surface area (Å²) in [6.07, 6.45) is 3.76. The fraction of sp³-hybridized carbons (Fsp3) is 0.267. The summed E-state index contributed by atoms with van der Waals surface area (Å²) in [5, 5.41) is 2.86. The lowest BCUT2D eigenvalue weighted by molar-refractivity contribution is -0.121. The quantitative estimate of drug-likeness (QED) is 0.823. The standard InChI is InChI=1S/C15H17FN2O/c16-13-5-3-12(4-6-13)9-11-18-15(19)8-7-14-2-1-10-17-14/h1-6,10,17H,7-9,11H2,(H,18,19). The Balaban J connectivity index is 1.65. The van der Waals surface area contributed by atoms with E-state index in [9.17, 15) is 9.18 Å². The summed E-state index contributed by atoms with van der Waals surface area (Å²) < 4.78 is 12.7. The molecule has 2 aromatic rings. The molecule has 2 N–H and O–H groups in total. The highest BCUT2D eigenvalue weighted by Gasteiger charge is 2.02. The van der Waals surface area contributed by atoms with Crippen molar-refractivity contribution in [3.8, 4) is 0 Å². The van der Waals surface area contributed by atoms with Gasteiger partial charge in [0.1, 0.15) is 5.82 Å². The number of aromatic amines is 1. The number of hydrogen-bond donors (Lipinski definition) is 2. The molecule has 1 aromatic carbocycles. The zero-order valence-corrected chi connectivity index (χ0v) is 10.7. The second kappa shape index (κ2) is 6.73. The van der Waals surface area contributed by atoms with Gasteiger partial charge in [0.05, 0.1) is 0 Å². The van der Waals surface area contributed by atoms with Gasteiger partial charge in [-0.15, -0.1) is 0 Å². The minimum absolute atomic E-state index is 0.0386. The molecule has 0 saturated heterocycles. The summed E-state index contributed by atoms with van der Waals surface area (Å²) >= 11 is 0. The summed E-state index contributed by atoms with van der Waals surface area (Å²) in [4.78, 5) is 14.7. The van der Waals surface area contributed by atoms with Crippen molar-refractivity contribution >= 4 is 5.91 Å². The minimum Gasteiger partial charge on any atom is -0.365 e. The van der Waals surface area contributed by atoms with Crippen molar-refractivity contribution in [1.82, 2.24) is 10.3 Å². The van der Waals surface area contributed by atoms with Crippen molar-refractivity contribution in [1.29, 1.82) is 0 Å². The predicted molar refractivity (Wildman–Crippen MR) is 72.2 cm³/mol. The first-order chi connectivity index (χ1) is 9.24. The van der Waals surface area contributed by atoms with Crippen LogP contribution in [0.15, 0.2) is 42.6 Å². The number of halogens is 1. The maximum Gasteiger partial charge on any atom is 0.220 e. The Bertz CT molecular complexity index is 505. The Hall–Kier alpha value is -2.10. The molecule has 100 valence electrons. The maximum atomic E-state index is 12.7. The molecule has 1 amide bonds. The van der Waals surface area contributed by atoms with Crippen LogP contribution in [0, 0.1) is 5.82 Å². The molecule has 0 unspecified atom stereocenters. The fourth-order valence-corrected chi connectivity index (χ4v) is 1.86. The third kappa shape index (κ3) is 4.58. The lowest BCUT2D eigenvalue weighted by atomic mass is 10.1. The first kappa shape index (κ1) is 13.3. The second-order valence-corrected chi connectivity index (χ2v) is 4.42. The van der Waals surface area contributed by atoms with Crippen LogP contribution in [0.1, 0.15) is 17.7 Å². The topological polar surface area (TPSA) is 44.9 Å². The monoisotopic (exact) mass is 260 g/mol. The Labute approximate surface area is 111 Å². The number of hydrogen-bond acceptors (Lipinski definition) is 1. The summed E-state index contributed by atoms with van der Waals surface area (Å²) in [5.41, 5.74) is 2.08. The second-order valence-electron chi connectivity index (χ2n) is 4.42. The van der Waals surface area contributed by atoms with Crippen molar-refractivity contribution in [2.75, 3.05) is 6.54 Å². The van der Waals surface area contributed by atoms with Crippen LogP contribution in [0.2, 0.25) is 0 Å². The SMILES string of the molecule is O=C(CCc1ccc[nH]1)NCCc1ccc(F)cc1. The normalized spacial score (nSPS) is 10.4. The van der Waals surface area contributed by atoms with E-state index in [1.165, 1.54) is 12.1 Å². The Morgan fingerprint density at radius 3 is 2.63 bits per heavy atom. The van der Waals surface area contributed by atoms with Gasteiger partial charge < -0.3 is 10.3 Å². The fourth-order valence-electron chi connectivity index (χ4n) is 1.86. The van der Waals surface area contributed by atoms with E-state index in [-0.39, 0.29) is 11.7 Å². The molecule has 0 fully saturated rings. The molecule has 1 aromatic heterocycles. The van der Waals surface area contributed by atoms with Gasteiger partial charge in [0.25, 0.3) is 0 Å². The number of amides is 1. The van der Waals surface area contributed by atoms with Crippen molar-refractivity contribution < 1.29 is 9.18 Å². The summed E-state index contributed by atoms with van der Waals surface area (Å²) in [5.74, 6) is -0.199. The number of aromatic nitrogens is 1. The molecule has 3 nitrogen and oxygen atoms in total. The smallest absolute Gasteiger partial charge is 0.220 e. The zero-order valence-electron chi connectivity index (χ0n) is 10.7. The van der Waals surface area contributed by atoms with E-state index < -0.39 is 0 Å². The first-order valence-corrected chi connectivity index (χ1v) is 6.37. The van der Waals surface area contributed by atoms with Gasteiger partial charge in [-0.2, -0.15) is 0 Å². The molecular weight excluding hydrogens is 243 g/mol. The van der Waals surface area contributed by atoms with Crippen LogP contribution >= 0.6 is 0 Å². The predicted octanol–water partition coefficient (Wildman–Crippen LogP) is 2.45. The number of benzene rings is 1. The summed E-state index contributed by atoms with van der Waals surface area (Å²) in [7, 11) is 0. The molecule has 0 radical (unpaired) electrons. The molecule has 0 spiro atoms. The molecule has 1 heterocycles. The molecule has 0 bridgehead atoms. The highest BCUT2D eigenvalue weighted by Crippen LogP contribution is 2.03. The Morgan fingerprint density at radius 1 is 1.16 bits per heavy atom. The van der Waals surface area contributed by atoms with Crippen LogP contribution in [-0.2, 0) is 17.6 Å². The van der Waals surface area contributed by atoms with Crippen molar-refractivity contribution in [3.05, 3.63) is 59.7 Å². The van der Waals surface area contributed by atoms with Gasteiger partial charge in [-0.25, -0.2) is 4.39 Å². The third-order valence-corrected chi connectivity index (χ3v) is 2.93. The van der Waals surface area contributed by atoms with E-state index in [1.807, 2.05) is 18.3 Å². The highest BCUT2D eigenvalue weighted by atomic mass is 19.1. The summed E-state index contributed by atoms with van der Waals surface area (Å²) in [6.45, 7) is 0.579. The van der Waals surface area contributed by atoms with Crippen LogP contribution < -0.4 is 5.32 Å². The number of H-pyrrole nitrogens is 1. The highest BCUT2D eigenvalue weighted by molar-refractivity contribution is 5.76. The third-order valence-electron chi connectivity index (χ3n) is 2.93. The average molecular weight is 260 g/mol. The average Bonchev–Trinajstić information content (AvgIpc) is 2.92. The molecule has 0 aliphatic rings. The first-order valence-electron chi connectivity index (χ1n) is 6.37. The van der Waals surface area contributed by atoms with E-state index >= 15 is 0 Å². The molecule has 0 aliphatic heterocycles. The van der Waals surface area contributed by atoms with E-state index in [1.54, 1.807) is 12.1 Å². The molecule has 0 atom stereocenters. The van der Waals surface area contributed by atoms with Crippen molar-refractivity contribution in [2.24, 2.45) is 0 Å². The zero-order chi connectivity index (χ0) is 13.5. The number of rotatable bonds is 6. The van der Waals surface area contributed by atoms with Gasteiger partial charge >= 0.3 is 0 Å². The summed E-state index contributed by atoms with van der Waals surface area (Å²) in [6, 6.07) is 10.2. The molecule has 4 heteroatoms. The van der Waals surface area contributed by atoms with Gasteiger partial charge in [-0.05, 0) is 42.7 Å². The van der Waals surface area contributed by atoms with Crippen LogP contribution in [-0.4, -0.2) is 17.4 Å². The van der Waals surface area contributed by atoms with Gasteiger partial charge in [0.15, 0.2) is 0 Å². The van der Waals surface area contributed by atoms with E-state index in [2.05, 4.69) is 10.3 Å². The maximum absolute atomic E-state index is 12.7. The number of carbonyl (C=O) groups excluding carboxylic acids is 1. The van der Waals surface area contributed by atoms with E-state index in [0.717, 1.165) is 17.7 Å². The van der Waals surface area contributed by atoms with Gasteiger partial charge in [0.2, 0.25) is 5.91 Å². The van der Waals surface area contributed by atoms with Crippen LogP contribution in [0.25, 0.3) is 0 Å².